The van der Waals surface area contributed by atoms with Gasteiger partial charge in [0.1, 0.15) is 0 Å². The minimum Gasteiger partial charge on any atom is -0.315 e. The summed E-state index contributed by atoms with van der Waals surface area (Å²) in [4.78, 5) is 1.30. The average molecular weight is 247 g/mol. The van der Waals surface area contributed by atoms with Crippen molar-refractivity contribution in [3.05, 3.63) is 21.3 Å². The van der Waals surface area contributed by atoms with E-state index in [1.807, 2.05) is 6.07 Å². The highest BCUT2D eigenvalue weighted by molar-refractivity contribution is 7.16. The fraction of sp³-hybridized carbons (Fsp3) is 0.636. The van der Waals surface area contributed by atoms with Crippen LogP contribution in [0.5, 0.6) is 0 Å². The first-order chi connectivity index (χ1) is 7.18. The van der Waals surface area contributed by atoms with Crippen LogP contribution in [-0.4, -0.2) is 19.6 Å². The van der Waals surface area contributed by atoms with E-state index in [1.165, 1.54) is 4.88 Å². The molecular weight excluding hydrogens is 228 g/mol. The van der Waals surface area contributed by atoms with Gasteiger partial charge in [-0.25, -0.2) is 0 Å². The molecule has 0 unspecified atom stereocenters. The summed E-state index contributed by atoms with van der Waals surface area (Å²) >= 11 is 7.48. The lowest BCUT2D eigenvalue weighted by Gasteiger charge is -2.07. The van der Waals surface area contributed by atoms with E-state index in [1.54, 1.807) is 11.3 Å². The molecule has 2 nitrogen and oxygen atoms in total. The lowest BCUT2D eigenvalue weighted by atomic mass is 10.2. The number of thiophene rings is 1. The third-order valence-corrected chi connectivity index (χ3v) is 3.19. The van der Waals surface area contributed by atoms with Crippen LogP contribution < -0.4 is 10.6 Å². The number of hydrogen-bond acceptors (Lipinski definition) is 3. The van der Waals surface area contributed by atoms with E-state index in [4.69, 9.17) is 11.6 Å². The molecule has 0 saturated carbocycles. The molecule has 0 aliphatic rings. The van der Waals surface area contributed by atoms with Crippen molar-refractivity contribution >= 4 is 22.9 Å². The van der Waals surface area contributed by atoms with Crippen molar-refractivity contribution in [3.63, 3.8) is 0 Å². The summed E-state index contributed by atoms with van der Waals surface area (Å²) < 4.78 is 0.865. The molecule has 0 aliphatic heterocycles. The predicted molar refractivity (Wildman–Crippen MR) is 68.7 cm³/mol. The minimum absolute atomic E-state index is 0.723. The summed E-state index contributed by atoms with van der Waals surface area (Å²) in [6.07, 6.45) is 0. The van der Waals surface area contributed by atoms with Gasteiger partial charge in [0, 0.05) is 24.5 Å². The minimum atomic E-state index is 0.723. The van der Waals surface area contributed by atoms with Gasteiger partial charge in [0.25, 0.3) is 0 Å². The van der Waals surface area contributed by atoms with Crippen LogP contribution in [0.3, 0.4) is 0 Å². The molecule has 0 atom stereocenters. The third kappa shape index (κ3) is 6.15. The van der Waals surface area contributed by atoms with E-state index in [0.717, 1.165) is 36.4 Å². The highest BCUT2D eigenvalue weighted by Gasteiger charge is 1.97. The standard InChI is InChI=1S/C11H19ClN2S/c1-9(2)7-13-5-6-14-8-10-3-4-11(12)15-10/h3-4,9,13-14H,5-8H2,1-2H3. The smallest absolute Gasteiger partial charge is 0.0931 e. The summed E-state index contributed by atoms with van der Waals surface area (Å²) in [6.45, 7) is 8.47. The Kier molecular flexibility index (Phi) is 6.25. The number of nitrogens with one attached hydrogen (secondary N) is 2. The average Bonchev–Trinajstić information content (AvgIpc) is 2.57. The molecule has 0 fully saturated rings. The molecule has 1 aromatic rings. The summed E-state index contributed by atoms with van der Waals surface area (Å²) in [5, 5.41) is 6.77. The normalized spacial score (nSPS) is 11.2. The van der Waals surface area contributed by atoms with Crippen molar-refractivity contribution in [1.82, 2.24) is 10.6 Å². The Balaban J connectivity index is 1.98. The van der Waals surface area contributed by atoms with E-state index in [9.17, 15) is 0 Å². The van der Waals surface area contributed by atoms with Crippen molar-refractivity contribution in [2.45, 2.75) is 20.4 Å². The van der Waals surface area contributed by atoms with Gasteiger partial charge < -0.3 is 10.6 Å². The second-order valence-electron chi connectivity index (χ2n) is 3.98. The molecule has 86 valence electrons. The van der Waals surface area contributed by atoms with Crippen molar-refractivity contribution in [3.8, 4) is 0 Å². The van der Waals surface area contributed by atoms with Gasteiger partial charge in [-0.2, -0.15) is 0 Å². The highest BCUT2D eigenvalue weighted by Crippen LogP contribution is 2.20. The van der Waals surface area contributed by atoms with Gasteiger partial charge in [0.2, 0.25) is 0 Å². The molecule has 0 spiro atoms. The van der Waals surface area contributed by atoms with Gasteiger partial charge in [-0.05, 0) is 24.6 Å². The lowest BCUT2D eigenvalue weighted by Crippen LogP contribution is -2.29. The quantitative estimate of drug-likeness (QED) is 0.723. The summed E-state index contributed by atoms with van der Waals surface area (Å²) in [5.41, 5.74) is 0. The molecule has 0 aliphatic carbocycles. The molecule has 1 heterocycles. The van der Waals surface area contributed by atoms with Crippen molar-refractivity contribution in [1.29, 1.82) is 0 Å². The van der Waals surface area contributed by atoms with Crippen LogP contribution in [-0.2, 0) is 6.54 Å². The maximum absolute atomic E-state index is 5.84. The zero-order valence-corrected chi connectivity index (χ0v) is 10.9. The molecule has 0 bridgehead atoms. The Bertz CT molecular complexity index is 273. The molecule has 0 saturated heterocycles. The second kappa shape index (κ2) is 7.23. The van der Waals surface area contributed by atoms with Crippen molar-refractivity contribution in [2.24, 2.45) is 5.92 Å². The fourth-order valence-electron chi connectivity index (χ4n) is 1.23. The Morgan fingerprint density at radius 2 is 2.00 bits per heavy atom. The number of rotatable bonds is 7. The molecular formula is C11H19ClN2S. The van der Waals surface area contributed by atoms with Gasteiger partial charge in [-0.15, -0.1) is 11.3 Å². The Labute approximate surface area is 101 Å². The third-order valence-electron chi connectivity index (χ3n) is 1.96. The fourth-order valence-corrected chi connectivity index (χ4v) is 2.28. The van der Waals surface area contributed by atoms with Crippen LogP contribution in [0.4, 0.5) is 0 Å². The van der Waals surface area contributed by atoms with E-state index in [-0.39, 0.29) is 0 Å². The maximum atomic E-state index is 5.84. The maximum Gasteiger partial charge on any atom is 0.0931 e. The van der Waals surface area contributed by atoms with Crippen LogP contribution >= 0.6 is 22.9 Å². The van der Waals surface area contributed by atoms with Crippen LogP contribution in [0.15, 0.2) is 12.1 Å². The molecule has 0 aromatic carbocycles. The van der Waals surface area contributed by atoms with Gasteiger partial charge in [-0.3, -0.25) is 0 Å². The van der Waals surface area contributed by atoms with Crippen LogP contribution in [0.25, 0.3) is 0 Å². The van der Waals surface area contributed by atoms with Gasteiger partial charge in [0.05, 0.1) is 4.34 Å². The van der Waals surface area contributed by atoms with Crippen molar-refractivity contribution < 1.29 is 0 Å². The van der Waals surface area contributed by atoms with Gasteiger partial charge in [0.15, 0.2) is 0 Å². The predicted octanol–water partition coefficient (Wildman–Crippen LogP) is 2.74. The first-order valence-corrected chi connectivity index (χ1v) is 6.53. The van der Waals surface area contributed by atoms with Crippen molar-refractivity contribution in [2.75, 3.05) is 19.6 Å². The zero-order valence-electron chi connectivity index (χ0n) is 9.35. The molecule has 2 N–H and O–H groups in total. The van der Waals surface area contributed by atoms with E-state index < -0.39 is 0 Å². The number of halogens is 1. The molecule has 1 aromatic heterocycles. The Morgan fingerprint density at radius 1 is 1.27 bits per heavy atom. The molecule has 4 heteroatoms. The Morgan fingerprint density at radius 3 is 2.60 bits per heavy atom. The SMILES string of the molecule is CC(C)CNCCNCc1ccc(Cl)s1. The van der Waals surface area contributed by atoms with Crippen LogP contribution in [0, 0.1) is 5.92 Å². The lowest BCUT2D eigenvalue weighted by molar-refractivity contribution is 0.536. The van der Waals surface area contributed by atoms with Crippen LogP contribution in [0.2, 0.25) is 4.34 Å². The first-order valence-electron chi connectivity index (χ1n) is 5.34. The van der Waals surface area contributed by atoms with E-state index in [2.05, 4.69) is 30.5 Å². The number of hydrogen-bond donors (Lipinski definition) is 2. The van der Waals surface area contributed by atoms with E-state index in [0.29, 0.717) is 0 Å². The second-order valence-corrected chi connectivity index (χ2v) is 5.78. The van der Waals surface area contributed by atoms with Gasteiger partial charge >= 0.3 is 0 Å². The summed E-state index contributed by atoms with van der Waals surface area (Å²) in [7, 11) is 0. The largest absolute Gasteiger partial charge is 0.315 e. The highest BCUT2D eigenvalue weighted by atomic mass is 35.5. The topological polar surface area (TPSA) is 24.1 Å². The van der Waals surface area contributed by atoms with Crippen LogP contribution in [0.1, 0.15) is 18.7 Å². The van der Waals surface area contributed by atoms with Gasteiger partial charge in [-0.1, -0.05) is 25.4 Å². The summed E-state index contributed by atoms with van der Waals surface area (Å²) in [5.74, 6) is 0.723. The van der Waals surface area contributed by atoms with E-state index >= 15 is 0 Å². The molecule has 0 amide bonds. The Hall–Kier alpha value is -0.0900. The summed E-state index contributed by atoms with van der Waals surface area (Å²) in [6, 6.07) is 4.02. The monoisotopic (exact) mass is 246 g/mol. The first kappa shape index (κ1) is 13.0. The molecule has 1 rings (SSSR count). The zero-order chi connectivity index (χ0) is 11.1. The molecule has 0 radical (unpaired) electrons. The molecule has 15 heavy (non-hydrogen) atoms.